The average Bonchev–Trinajstić information content (AvgIpc) is 2.71. The van der Waals surface area contributed by atoms with E-state index in [0.29, 0.717) is 24.2 Å². The van der Waals surface area contributed by atoms with Gasteiger partial charge in [0.1, 0.15) is 5.82 Å². The number of hydrogen-bond acceptors (Lipinski definition) is 4. The molecule has 2 aliphatic heterocycles. The van der Waals surface area contributed by atoms with Crippen molar-refractivity contribution in [1.29, 1.82) is 0 Å². The van der Waals surface area contributed by atoms with Gasteiger partial charge < -0.3 is 15.5 Å². The summed E-state index contributed by atoms with van der Waals surface area (Å²) in [5, 5.41) is 0. The molecule has 0 radical (unpaired) electrons. The van der Waals surface area contributed by atoms with Crippen molar-refractivity contribution in [2.24, 2.45) is 0 Å². The molecule has 3 heterocycles. The average molecular weight is 232 g/mol. The molecule has 0 saturated carbocycles. The van der Waals surface area contributed by atoms with Crippen LogP contribution in [0.2, 0.25) is 0 Å². The molecule has 0 spiro atoms. The number of pyridine rings is 1. The van der Waals surface area contributed by atoms with Crippen LogP contribution in [0, 0.1) is 0 Å². The van der Waals surface area contributed by atoms with Crippen LogP contribution >= 0.6 is 0 Å². The molecule has 17 heavy (non-hydrogen) atoms. The lowest BCUT2D eigenvalue weighted by Crippen LogP contribution is -2.51. The highest BCUT2D eigenvalue weighted by atomic mass is 16.2. The van der Waals surface area contributed by atoms with Crippen LogP contribution in [0.4, 0.5) is 11.5 Å². The van der Waals surface area contributed by atoms with Gasteiger partial charge in [0, 0.05) is 38.3 Å². The number of aromatic nitrogens is 1. The Morgan fingerprint density at radius 1 is 1.41 bits per heavy atom. The third-order valence-electron chi connectivity index (χ3n) is 3.65. The Hall–Kier alpha value is -1.78. The molecule has 90 valence electrons. The van der Waals surface area contributed by atoms with Gasteiger partial charge >= 0.3 is 0 Å². The number of anilines is 2. The largest absolute Gasteiger partial charge is 0.382 e. The predicted octanol–water partition coefficient (Wildman–Crippen LogP) is 0.475. The van der Waals surface area contributed by atoms with E-state index in [1.807, 2.05) is 17.0 Å². The van der Waals surface area contributed by atoms with Crippen molar-refractivity contribution in [2.45, 2.75) is 18.9 Å². The van der Waals surface area contributed by atoms with E-state index in [4.69, 9.17) is 5.73 Å². The Kier molecular flexibility index (Phi) is 2.39. The Labute approximate surface area is 100 Å². The minimum Gasteiger partial charge on any atom is -0.382 e. The van der Waals surface area contributed by atoms with Gasteiger partial charge in [-0.1, -0.05) is 0 Å². The van der Waals surface area contributed by atoms with Gasteiger partial charge in [-0.3, -0.25) is 4.79 Å². The third-order valence-corrected chi connectivity index (χ3v) is 3.65. The SMILES string of the molecule is Nc1ncccc1N1CCN2C(=O)CCC2C1. The highest BCUT2D eigenvalue weighted by molar-refractivity contribution is 5.79. The summed E-state index contributed by atoms with van der Waals surface area (Å²) in [4.78, 5) is 19.9. The third kappa shape index (κ3) is 1.71. The molecule has 0 aromatic carbocycles. The van der Waals surface area contributed by atoms with Gasteiger partial charge in [0.2, 0.25) is 5.91 Å². The van der Waals surface area contributed by atoms with E-state index >= 15 is 0 Å². The quantitative estimate of drug-likeness (QED) is 0.764. The van der Waals surface area contributed by atoms with E-state index in [2.05, 4.69) is 9.88 Å². The number of nitrogen functional groups attached to an aromatic ring is 1. The number of carbonyl (C=O) groups excluding carboxylic acids is 1. The summed E-state index contributed by atoms with van der Waals surface area (Å²) < 4.78 is 0. The van der Waals surface area contributed by atoms with Crippen LogP contribution in [0.5, 0.6) is 0 Å². The summed E-state index contributed by atoms with van der Waals surface area (Å²) in [6.07, 6.45) is 3.37. The number of carbonyl (C=O) groups is 1. The standard InChI is InChI=1S/C12H16N4O/c13-12-10(2-1-5-14-12)15-6-7-16-9(8-15)3-4-11(16)17/h1-2,5,9H,3-4,6-8H2,(H2,13,14). The minimum absolute atomic E-state index is 0.300. The van der Waals surface area contributed by atoms with E-state index in [0.717, 1.165) is 31.7 Å². The minimum atomic E-state index is 0.300. The number of fused-ring (bicyclic) bond motifs is 1. The van der Waals surface area contributed by atoms with Crippen LogP contribution in [0.25, 0.3) is 0 Å². The number of nitrogens with two attached hydrogens (primary N) is 1. The van der Waals surface area contributed by atoms with Gasteiger partial charge in [-0.25, -0.2) is 4.98 Å². The highest BCUT2D eigenvalue weighted by Gasteiger charge is 2.35. The molecule has 1 atom stereocenters. The van der Waals surface area contributed by atoms with Crippen molar-refractivity contribution in [3.05, 3.63) is 18.3 Å². The molecule has 0 aliphatic carbocycles. The second-order valence-corrected chi connectivity index (χ2v) is 4.63. The topological polar surface area (TPSA) is 62.5 Å². The van der Waals surface area contributed by atoms with Crippen molar-refractivity contribution in [2.75, 3.05) is 30.3 Å². The molecule has 2 N–H and O–H groups in total. The van der Waals surface area contributed by atoms with Crippen molar-refractivity contribution in [3.8, 4) is 0 Å². The van der Waals surface area contributed by atoms with Crippen molar-refractivity contribution in [3.63, 3.8) is 0 Å². The highest BCUT2D eigenvalue weighted by Crippen LogP contribution is 2.28. The van der Waals surface area contributed by atoms with Crippen LogP contribution < -0.4 is 10.6 Å². The van der Waals surface area contributed by atoms with Crippen LogP contribution in [0.15, 0.2) is 18.3 Å². The number of rotatable bonds is 1. The number of piperazine rings is 1. The smallest absolute Gasteiger partial charge is 0.223 e. The Bertz CT molecular complexity index is 448. The first-order valence-electron chi connectivity index (χ1n) is 6.00. The van der Waals surface area contributed by atoms with Crippen molar-refractivity contribution >= 4 is 17.4 Å². The fraction of sp³-hybridized carbons (Fsp3) is 0.500. The Balaban J connectivity index is 1.80. The molecule has 1 aromatic heterocycles. The molecule has 1 aromatic rings. The molecule has 5 nitrogen and oxygen atoms in total. The Morgan fingerprint density at radius 3 is 3.12 bits per heavy atom. The van der Waals surface area contributed by atoms with Gasteiger partial charge in [-0.15, -0.1) is 0 Å². The summed E-state index contributed by atoms with van der Waals surface area (Å²) in [5.41, 5.74) is 6.87. The summed E-state index contributed by atoms with van der Waals surface area (Å²) in [6, 6.07) is 4.25. The van der Waals surface area contributed by atoms with E-state index in [1.165, 1.54) is 0 Å². The molecule has 2 fully saturated rings. The lowest BCUT2D eigenvalue weighted by Gasteiger charge is -2.39. The summed E-state index contributed by atoms with van der Waals surface area (Å²) in [6.45, 7) is 2.53. The lowest BCUT2D eigenvalue weighted by molar-refractivity contribution is -0.129. The second-order valence-electron chi connectivity index (χ2n) is 4.63. The number of hydrogen-bond donors (Lipinski definition) is 1. The van der Waals surface area contributed by atoms with Crippen LogP contribution in [-0.4, -0.2) is 41.5 Å². The summed E-state index contributed by atoms with van der Waals surface area (Å²) in [5.74, 6) is 0.874. The maximum atomic E-state index is 11.6. The van der Waals surface area contributed by atoms with Gasteiger partial charge in [0.15, 0.2) is 0 Å². The molecule has 2 saturated heterocycles. The van der Waals surface area contributed by atoms with Gasteiger partial charge in [0.05, 0.1) is 5.69 Å². The molecule has 0 bridgehead atoms. The maximum absolute atomic E-state index is 11.6. The first-order chi connectivity index (χ1) is 8.25. The second kappa shape index (κ2) is 3.91. The van der Waals surface area contributed by atoms with E-state index < -0.39 is 0 Å². The lowest BCUT2D eigenvalue weighted by atomic mass is 10.1. The zero-order chi connectivity index (χ0) is 11.8. The fourth-order valence-electron chi connectivity index (χ4n) is 2.76. The zero-order valence-electron chi connectivity index (χ0n) is 9.67. The molecular formula is C12H16N4O. The van der Waals surface area contributed by atoms with Crippen LogP contribution in [-0.2, 0) is 4.79 Å². The predicted molar refractivity (Wildman–Crippen MR) is 65.6 cm³/mol. The number of amides is 1. The van der Waals surface area contributed by atoms with Gasteiger partial charge in [-0.05, 0) is 18.6 Å². The summed E-state index contributed by atoms with van der Waals surface area (Å²) >= 11 is 0. The van der Waals surface area contributed by atoms with Gasteiger partial charge in [-0.2, -0.15) is 0 Å². The molecular weight excluding hydrogens is 216 g/mol. The maximum Gasteiger partial charge on any atom is 0.223 e. The van der Waals surface area contributed by atoms with Crippen molar-refractivity contribution in [1.82, 2.24) is 9.88 Å². The normalized spacial score (nSPS) is 24.0. The molecule has 1 amide bonds. The fourth-order valence-corrected chi connectivity index (χ4v) is 2.76. The van der Waals surface area contributed by atoms with E-state index in [9.17, 15) is 4.79 Å². The first kappa shape index (κ1) is 10.4. The monoisotopic (exact) mass is 232 g/mol. The molecule has 1 unspecified atom stereocenters. The first-order valence-corrected chi connectivity index (χ1v) is 6.00. The van der Waals surface area contributed by atoms with E-state index in [-0.39, 0.29) is 0 Å². The van der Waals surface area contributed by atoms with Gasteiger partial charge in [0.25, 0.3) is 0 Å². The van der Waals surface area contributed by atoms with Crippen LogP contribution in [0.3, 0.4) is 0 Å². The molecule has 3 rings (SSSR count). The molecule has 5 heteroatoms. The van der Waals surface area contributed by atoms with Crippen LogP contribution in [0.1, 0.15) is 12.8 Å². The molecule has 2 aliphatic rings. The summed E-state index contributed by atoms with van der Waals surface area (Å²) in [7, 11) is 0. The zero-order valence-corrected chi connectivity index (χ0v) is 9.67. The number of nitrogens with zero attached hydrogens (tertiary/aromatic N) is 3. The Morgan fingerprint density at radius 2 is 2.29 bits per heavy atom. The van der Waals surface area contributed by atoms with E-state index in [1.54, 1.807) is 6.20 Å². The van der Waals surface area contributed by atoms with Crippen molar-refractivity contribution < 1.29 is 4.79 Å².